The van der Waals surface area contributed by atoms with E-state index in [0.29, 0.717) is 23.8 Å². The summed E-state index contributed by atoms with van der Waals surface area (Å²) in [4.78, 5) is 18.5. The van der Waals surface area contributed by atoms with Crippen LogP contribution in [0.3, 0.4) is 0 Å². The van der Waals surface area contributed by atoms with Gasteiger partial charge >= 0.3 is 5.97 Å². The first-order chi connectivity index (χ1) is 18.8. The fourth-order valence-electron chi connectivity index (χ4n) is 3.53. The van der Waals surface area contributed by atoms with Crippen LogP contribution >= 0.6 is 12.6 Å². The van der Waals surface area contributed by atoms with E-state index in [-0.39, 0.29) is 24.7 Å². The average molecular weight is 589 g/mol. The van der Waals surface area contributed by atoms with Crippen molar-refractivity contribution in [3.05, 3.63) is 17.8 Å². The Labute approximate surface area is 246 Å². The van der Waals surface area contributed by atoms with E-state index in [0.717, 1.165) is 25.3 Å². The van der Waals surface area contributed by atoms with Gasteiger partial charge in [0.05, 0.1) is 19.7 Å². The van der Waals surface area contributed by atoms with Crippen LogP contribution in [-0.2, 0) is 0 Å². The molecular formula is C30H54F2N4O3S. The number of anilines is 1. The SMILES string of the molecule is CCCCCCCCCCNCS.CN(C)C(C)(C)C.O=C(O)c1ccc(N2CC(F)(F)C2)c(OCC2CC2)n1. The number of aromatic carboxylic acids is 1. The maximum Gasteiger partial charge on any atom is 0.354 e. The second-order valence-corrected chi connectivity index (χ2v) is 12.3. The van der Waals surface area contributed by atoms with Gasteiger partial charge in [-0.1, -0.05) is 51.9 Å². The van der Waals surface area contributed by atoms with Crippen molar-refractivity contribution in [1.82, 2.24) is 15.2 Å². The van der Waals surface area contributed by atoms with Gasteiger partial charge in [0.2, 0.25) is 5.88 Å². The van der Waals surface area contributed by atoms with Crippen molar-refractivity contribution in [3.8, 4) is 5.88 Å². The molecule has 1 aliphatic carbocycles. The molecule has 1 aromatic heterocycles. The van der Waals surface area contributed by atoms with Gasteiger partial charge in [0.25, 0.3) is 5.92 Å². The molecule has 40 heavy (non-hydrogen) atoms. The average Bonchev–Trinajstić information content (AvgIpc) is 3.70. The standard InChI is InChI=1S/C13H14F2N2O3.C11H25NS.C6H15N/c14-13(15)6-17(7-13)10-4-3-9(12(18)19)16-11(10)20-5-8-1-2-8;1-2-3-4-5-6-7-8-9-10-12-11-13;1-6(2,3)7(4)5/h3-4,8H,1-2,5-7H2,(H,18,19);12-13H,2-11H2,1H3;1-5H3. The molecule has 0 bridgehead atoms. The van der Waals surface area contributed by atoms with E-state index in [2.05, 4.69) is 69.6 Å². The van der Waals surface area contributed by atoms with Crippen LogP contribution in [0.25, 0.3) is 0 Å². The van der Waals surface area contributed by atoms with E-state index < -0.39 is 11.9 Å². The Morgan fingerprint density at radius 1 is 1.12 bits per heavy atom. The first-order valence-electron chi connectivity index (χ1n) is 14.8. The molecule has 0 radical (unpaired) electrons. The number of carboxylic acids is 1. The number of nitrogens with zero attached hydrogens (tertiary/aromatic N) is 3. The molecule has 2 aliphatic rings. The number of hydrogen-bond donors (Lipinski definition) is 3. The number of aromatic nitrogens is 1. The van der Waals surface area contributed by atoms with Gasteiger partial charge in [-0.3, -0.25) is 0 Å². The van der Waals surface area contributed by atoms with Crippen molar-refractivity contribution >= 4 is 24.3 Å². The Hall–Kier alpha value is -1.65. The zero-order valence-corrected chi connectivity index (χ0v) is 26.5. The van der Waals surface area contributed by atoms with Crippen LogP contribution in [-0.4, -0.2) is 78.6 Å². The van der Waals surface area contributed by atoms with E-state index in [4.69, 9.17) is 9.84 Å². The smallest absolute Gasteiger partial charge is 0.354 e. The van der Waals surface area contributed by atoms with Crippen molar-refractivity contribution < 1.29 is 23.4 Å². The molecule has 0 atom stereocenters. The molecule has 2 heterocycles. The second-order valence-electron chi connectivity index (χ2n) is 12.0. The summed E-state index contributed by atoms with van der Waals surface area (Å²) in [6.45, 7) is 9.64. The number of carbonyl (C=O) groups is 1. The third-order valence-electron chi connectivity index (χ3n) is 7.06. The van der Waals surface area contributed by atoms with E-state index in [1.807, 2.05) is 0 Å². The number of carboxylic acid groups (broad SMARTS) is 1. The lowest BCUT2D eigenvalue weighted by molar-refractivity contribution is -0.0265. The third kappa shape index (κ3) is 16.0. The Morgan fingerprint density at radius 3 is 2.12 bits per heavy atom. The number of halogens is 2. The Morgan fingerprint density at radius 2 is 1.68 bits per heavy atom. The van der Waals surface area contributed by atoms with E-state index in [1.165, 1.54) is 68.4 Å². The zero-order chi connectivity index (χ0) is 30.2. The number of thiol groups is 1. The van der Waals surface area contributed by atoms with Crippen LogP contribution in [0.1, 0.15) is 102 Å². The molecule has 1 saturated carbocycles. The van der Waals surface area contributed by atoms with Gasteiger partial charge in [-0.25, -0.2) is 18.6 Å². The van der Waals surface area contributed by atoms with Crippen molar-refractivity contribution in [1.29, 1.82) is 0 Å². The van der Waals surface area contributed by atoms with Crippen molar-refractivity contribution in [2.24, 2.45) is 5.92 Å². The summed E-state index contributed by atoms with van der Waals surface area (Å²) in [7, 11) is 4.17. The summed E-state index contributed by atoms with van der Waals surface area (Å²) < 4.78 is 31.4. The van der Waals surface area contributed by atoms with E-state index >= 15 is 0 Å². The number of unbranched alkanes of at least 4 members (excludes halogenated alkanes) is 7. The fraction of sp³-hybridized carbons (Fsp3) is 0.800. The van der Waals surface area contributed by atoms with Crippen LogP contribution in [0.2, 0.25) is 0 Å². The monoisotopic (exact) mass is 588 g/mol. The topological polar surface area (TPSA) is 77.9 Å². The van der Waals surface area contributed by atoms with Gasteiger partial charge in [-0.2, -0.15) is 12.6 Å². The van der Waals surface area contributed by atoms with Gasteiger partial charge in [-0.15, -0.1) is 0 Å². The van der Waals surface area contributed by atoms with Crippen LogP contribution in [0, 0.1) is 5.92 Å². The molecule has 1 aromatic rings. The molecule has 0 amide bonds. The van der Waals surface area contributed by atoms with Crippen molar-refractivity contribution in [3.63, 3.8) is 0 Å². The van der Waals surface area contributed by atoms with Crippen molar-refractivity contribution in [2.45, 2.75) is 103 Å². The highest BCUT2D eigenvalue weighted by molar-refractivity contribution is 7.80. The molecule has 1 aliphatic heterocycles. The Balaban J connectivity index is 0.000000345. The number of alkyl halides is 2. The first-order valence-corrected chi connectivity index (χ1v) is 15.4. The van der Waals surface area contributed by atoms with Crippen LogP contribution in [0.5, 0.6) is 5.88 Å². The molecule has 0 unspecified atom stereocenters. The first kappa shape index (κ1) is 36.4. The van der Waals surface area contributed by atoms with Gasteiger partial charge in [0.15, 0.2) is 5.69 Å². The lowest BCUT2D eigenvalue weighted by Gasteiger charge is -2.40. The minimum atomic E-state index is -2.70. The maximum atomic E-state index is 12.9. The fourth-order valence-corrected chi connectivity index (χ4v) is 3.68. The summed E-state index contributed by atoms with van der Waals surface area (Å²) in [6, 6.07) is 2.78. The lowest BCUT2D eigenvalue weighted by Crippen LogP contribution is -2.56. The molecule has 10 heteroatoms. The van der Waals surface area contributed by atoms with Crippen LogP contribution in [0.15, 0.2) is 12.1 Å². The lowest BCUT2D eigenvalue weighted by atomic mass is 10.1. The minimum Gasteiger partial charge on any atom is -0.477 e. The minimum absolute atomic E-state index is 0.132. The Kier molecular flexibility index (Phi) is 17.0. The predicted octanol–water partition coefficient (Wildman–Crippen LogP) is 6.97. The molecule has 7 nitrogen and oxygen atoms in total. The molecule has 1 saturated heterocycles. The number of rotatable bonds is 15. The molecule has 0 aromatic carbocycles. The highest BCUT2D eigenvalue weighted by atomic mass is 32.1. The zero-order valence-electron chi connectivity index (χ0n) is 25.6. The van der Waals surface area contributed by atoms with Crippen LogP contribution in [0.4, 0.5) is 14.5 Å². The van der Waals surface area contributed by atoms with Gasteiger partial charge in [-0.05, 0) is 78.7 Å². The summed E-state index contributed by atoms with van der Waals surface area (Å²) in [5.74, 6) is -2.44. The number of pyridine rings is 1. The number of ether oxygens (including phenoxy) is 1. The molecular weight excluding hydrogens is 534 g/mol. The highest BCUT2D eigenvalue weighted by Gasteiger charge is 2.45. The highest BCUT2D eigenvalue weighted by Crippen LogP contribution is 2.37. The van der Waals surface area contributed by atoms with E-state index in [9.17, 15) is 13.6 Å². The molecule has 232 valence electrons. The van der Waals surface area contributed by atoms with Gasteiger partial charge < -0.3 is 25.0 Å². The maximum absolute atomic E-state index is 12.9. The van der Waals surface area contributed by atoms with E-state index in [1.54, 1.807) is 0 Å². The van der Waals surface area contributed by atoms with Gasteiger partial charge in [0, 0.05) is 11.4 Å². The summed E-state index contributed by atoms with van der Waals surface area (Å²) in [5.41, 5.74) is 0.619. The number of nitrogens with one attached hydrogen (secondary N) is 1. The van der Waals surface area contributed by atoms with Crippen molar-refractivity contribution in [2.75, 3.05) is 51.1 Å². The molecule has 2 fully saturated rings. The quantitative estimate of drug-likeness (QED) is 0.116. The van der Waals surface area contributed by atoms with Crippen LogP contribution < -0.4 is 15.0 Å². The molecule has 0 spiro atoms. The number of hydrogen-bond acceptors (Lipinski definition) is 7. The largest absolute Gasteiger partial charge is 0.477 e. The Bertz CT molecular complexity index is 831. The second kappa shape index (κ2) is 18.7. The molecule has 2 N–H and O–H groups in total. The predicted molar refractivity (Wildman–Crippen MR) is 164 cm³/mol. The normalized spacial score (nSPS) is 15.9. The third-order valence-corrected chi connectivity index (χ3v) is 7.28. The summed E-state index contributed by atoms with van der Waals surface area (Å²) >= 11 is 4.09. The molecule has 3 rings (SSSR count). The summed E-state index contributed by atoms with van der Waals surface area (Å²) in [5, 5.41) is 12.2. The summed E-state index contributed by atoms with van der Waals surface area (Å²) in [6.07, 6.45) is 13.3. The van der Waals surface area contributed by atoms with Gasteiger partial charge in [0.1, 0.15) is 5.69 Å².